The van der Waals surface area contributed by atoms with Gasteiger partial charge >= 0.3 is 0 Å². The normalized spacial score (nSPS) is 15.8. The predicted molar refractivity (Wildman–Crippen MR) is 49.7 cm³/mol. The third-order valence-electron chi connectivity index (χ3n) is 1.89. The summed E-state index contributed by atoms with van der Waals surface area (Å²) in [6.07, 6.45) is 6.11. The molecule has 0 fully saturated rings. The van der Waals surface area contributed by atoms with Crippen molar-refractivity contribution in [2.24, 2.45) is 5.73 Å². The van der Waals surface area contributed by atoms with E-state index in [2.05, 4.69) is 0 Å². The second-order valence-corrected chi connectivity index (χ2v) is 2.95. The summed E-state index contributed by atoms with van der Waals surface area (Å²) in [5, 5.41) is 8.61. The van der Waals surface area contributed by atoms with Crippen molar-refractivity contribution in [1.82, 2.24) is 4.90 Å². The Morgan fingerprint density at radius 3 is 3.08 bits per heavy atom. The number of nitrogens with two attached hydrogens (primary N) is 1. The molecule has 1 amide bonds. The van der Waals surface area contributed by atoms with Crippen molar-refractivity contribution in [2.75, 3.05) is 19.7 Å². The first-order chi connectivity index (χ1) is 6.24. The summed E-state index contributed by atoms with van der Waals surface area (Å²) in [5.41, 5.74) is 5.75. The van der Waals surface area contributed by atoms with Crippen molar-refractivity contribution >= 4 is 5.91 Å². The number of amides is 1. The van der Waals surface area contributed by atoms with Crippen molar-refractivity contribution in [3.05, 3.63) is 23.9 Å². The van der Waals surface area contributed by atoms with E-state index in [-0.39, 0.29) is 12.5 Å². The van der Waals surface area contributed by atoms with E-state index in [0.29, 0.717) is 18.5 Å². The van der Waals surface area contributed by atoms with E-state index in [0.717, 1.165) is 6.54 Å². The summed E-state index contributed by atoms with van der Waals surface area (Å²) in [7, 11) is 0. The van der Waals surface area contributed by atoms with Crippen LogP contribution in [0.1, 0.15) is 6.42 Å². The molecule has 0 radical (unpaired) electrons. The molecule has 3 N–H and O–H groups in total. The SMILES string of the molecule is NC(=O)C1=CC=CN(CCCO)C1. The molecule has 0 bridgehead atoms. The summed E-state index contributed by atoms with van der Waals surface area (Å²) in [6.45, 7) is 1.46. The average molecular weight is 182 g/mol. The Bertz CT molecular complexity index is 246. The summed E-state index contributed by atoms with van der Waals surface area (Å²) in [4.78, 5) is 12.8. The van der Waals surface area contributed by atoms with Gasteiger partial charge in [-0.1, -0.05) is 6.08 Å². The molecule has 1 rings (SSSR count). The van der Waals surface area contributed by atoms with Gasteiger partial charge in [0.25, 0.3) is 0 Å². The zero-order chi connectivity index (χ0) is 9.68. The number of carbonyl (C=O) groups is 1. The van der Waals surface area contributed by atoms with E-state index in [9.17, 15) is 4.79 Å². The molecule has 0 aromatic rings. The van der Waals surface area contributed by atoms with Crippen molar-refractivity contribution in [3.63, 3.8) is 0 Å². The molecule has 0 saturated heterocycles. The molecule has 0 aliphatic carbocycles. The first-order valence-electron chi connectivity index (χ1n) is 4.26. The van der Waals surface area contributed by atoms with Gasteiger partial charge in [0.15, 0.2) is 0 Å². The molecule has 4 nitrogen and oxygen atoms in total. The monoisotopic (exact) mass is 182 g/mol. The zero-order valence-corrected chi connectivity index (χ0v) is 7.44. The Morgan fingerprint density at radius 2 is 2.46 bits per heavy atom. The van der Waals surface area contributed by atoms with Crippen molar-refractivity contribution in [1.29, 1.82) is 0 Å². The summed E-state index contributed by atoms with van der Waals surface area (Å²) in [6, 6.07) is 0. The standard InChI is InChI=1S/C9H14N2O2/c10-9(13)8-3-1-4-11(7-8)5-2-6-12/h1,3-4,12H,2,5-7H2,(H2,10,13). The molecular formula is C9H14N2O2. The van der Waals surface area contributed by atoms with Crippen LogP contribution in [0.2, 0.25) is 0 Å². The number of carbonyl (C=O) groups excluding carboxylic acids is 1. The molecule has 0 aromatic heterocycles. The van der Waals surface area contributed by atoms with Gasteiger partial charge in [-0.05, 0) is 18.7 Å². The third-order valence-corrected chi connectivity index (χ3v) is 1.89. The van der Waals surface area contributed by atoms with Gasteiger partial charge in [-0.15, -0.1) is 0 Å². The van der Waals surface area contributed by atoms with Gasteiger partial charge in [0.05, 0.1) is 0 Å². The largest absolute Gasteiger partial charge is 0.396 e. The lowest BCUT2D eigenvalue weighted by Crippen LogP contribution is -2.29. The van der Waals surface area contributed by atoms with E-state index in [1.54, 1.807) is 12.2 Å². The number of nitrogens with zero attached hydrogens (tertiary/aromatic N) is 1. The highest BCUT2D eigenvalue weighted by molar-refractivity contribution is 5.92. The number of rotatable bonds is 4. The molecule has 1 aliphatic heterocycles. The van der Waals surface area contributed by atoms with Crippen LogP contribution in [0, 0.1) is 0 Å². The number of hydrogen-bond donors (Lipinski definition) is 2. The van der Waals surface area contributed by atoms with Crippen LogP contribution in [0.4, 0.5) is 0 Å². The van der Waals surface area contributed by atoms with Crippen LogP contribution in [-0.4, -0.2) is 35.6 Å². The number of allylic oxidation sites excluding steroid dienone is 2. The first-order valence-corrected chi connectivity index (χ1v) is 4.26. The van der Waals surface area contributed by atoms with Gasteiger partial charge in [-0.25, -0.2) is 0 Å². The van der Waals surface area contributed by atoms with E-state index >= 15 is 0 Å². The number of aliphatic hydroxyl groups excluding tert-OH is 1. The number of aliphatic hydroxyl groups is 1. The van der Waals surface area contributed by atoms with Crippen LogP contribution in [0.15, 0.2) is 23.9 Å². The second-order valence-electron chi connectivity index (χ2n) is 2.95. The molecule has 0 saturated carbocycles. The van der Waals surface area contributed by atoms with Crippen molar-refractivity contribution in [2.45, 2.75) is 6.42 Å². The van der Waals surface area contributed by atoms with Crippen LogP contribution in [0.25, 0.3) is 0 Å². The Labute approximate surface area is 77.3 Å². The molecule has 1 aliphatic rings. The van der Waals surface area contributed by atoms with Gasteiger partial charge in [0.1, 0.15) is 0 Å². The van der Waals surface area contributed by atoms with E-state index in [1.165, 1.54) is 0 Å². The molecule has 0 spiro atoms. The Hall–Kier alpha value is -1.29. The van der Waals surface area contributed by atoms with Gasteiger partial charge in [-0.2, -0.15) is 0 Å². The highest BCUT2D eigenvalue weighted by Crippen LogP contribution is 2.06. The van der Waals surface area contributed by atoms with Crippen LogP contribution in [0.3, 0.4) is 0 Å². The molecule has 13 heavy (non-hydrogen) atoms. The molecule has 0 unspecified atom stereocenters. The molecule has 1 heterocycles. The van der Waals surface area contributed by atoms with Gasteiger partial charge in [-0.3, -0.25) is 4.79 Å². The number of primary amides is 1. The maximum Gasteiger partial charge on any atom is 0.246 e. The lowest BCUT2D eigenvalue weighted by Gasteiger charge is -2.22. The lowest BCUT2D eigenvalue weighted by atomic mass is 10.1. The summed E-state index contributed by atoms with van der Waals surface area (Å²) < 4.78 is 0. The van der Waals surface area contributed by atoms with Gasteiger partial charge < -0.3 is 15.7 Å². The van der Waals surface area contributed by atoms with E-state index in [4.69, 9.17) is 10.8 Å². The highest BCUT2D eigenvalue weighted by atomic mass is 16.3. The minimum Gasteiger partial charge on any atom is -0.396 e. The topological polar surface area (TPSA) is 66.6 Å². The molecule has 0 aromatic carbocycles. The average Bonchev–Trinajstić information content (AvgIpc) is 2.15. The Kier molecular flexibility index (Phi) is 3.52. The molecule has 4 heteroatoms. The predicted octanol–water partition coefficient (Wildman–Crippen LogP) is -0.390. The van der Waals surface area contributed by atoms with Crippen LogP contribution < -0.4 is 5.73 Å². The second kappa shape index (κ2) is 4.67. The minimum atomic E-state index is -0.377. The fraction of sp³-hybridized carbons (Fsp3) is 0.444. The third kappa shape index (κ3) is 2.91. The molecule has 0 atom stereocenters. The lowest BCUT2D eigenvalue weighted by molar-refractivity contribution is -0.114. The van der Waals surface area contributed by atoms with E-state index in [1.807, 2.05) is 11.1 Å². The Balaban J connectivity index is 2.45. The van der Waals surface area contributed by atoms with E-state index < -0.39 is 0 Å². The highest BCUT2D eigenvalue weighted by Gasteiger charge is 2.10. The summed E-state index contributed by atoms with van der Waals surface area (Å²) in [5.74, 6) is -0.377. The van der Waals surface area contributed by atoms with Gasteiger partial charge in [0, 0.05) is 25.3 Å². The Morgan fingerprint density at radius 1 is 1.69 bits per heavy atom. The van der Waals surface area contributed by atoms with Crippen LogP contribution in [-0.2, 0) is 4.79 Å². The minimum absolute atomic E-state index is 0.167. The quantitative estimate of drug-likeness (QED) is 0.622. The van der Waals surface area contributed by atoms with Crippen molar-refractivity contribution < 1.29 is 9.90 Å². The van der Waals surface area contributed by atoms with Gasteiger partial charge in [0.2, 0.25) is 5.91 Å². The smallest absolute Gasteiger partial charge is 0.246 e. The maximum absolute atomic E-state index is 10.8. The number of hydrogen-bond acceptors (Lipinski definition) is 3. The first kappa shape index (κ1) is 9.80. The molecular weight excluding hydrogens is 168 g/mol. The fourth-order valence-electron chi connectivity index (χ4n) is 1.19. The fourth-order valence-corrected chi connectivity index (χ4v) is 1.19. The van der Waals surface area contributed by atoms with Crippen LogP contribution >= 0.6 is 0 Å². The molecule has 72 valence electrons. The summed E-state index contributed by atoms with van der Waals surface area (Å²) >= 11 is 0. The van der Waals surface area contributed by atoms with Crippen molar-refractivity contribution in [3.8, 4) is 0 Å². The zero-order valence-electron chi connectivity index (χ0n) is 7.44. The van der Waals surface area contributed by atoms with Crippen LogP contribution in [0.5, 0.6) is 0 Å². The maximum atomic E-state index is 10.8.